The van der Waals surface area contributed by atoms with Crippen molar-refractivity contribution in [2.45, 2.75) is 18.2 Å². The summed E-state index contributed by atoms with van der Waals surface area (Å²) in [5.41, 5.74) is 0.190. The number of hydrogen-bond acceptors (Lipinski definition) is 2. The van der Waals surface area contributed by atoms with Gasteiger partial charge < -0.3 is 9.88 Å². The van der Waals surface area contributed by atoms with Gasteiger partial charge in [-0.3, -0.25) is 9.59 Å². The zero-order valence-corrected chi connectivity index (χ0v) is 9.54. The number of nitrogens with one attached hydrogen (secondary N) is 1. The molecule has 2 heterocycles. The smallest absolute Gasteiger partial charge is 0.254 e. The van der Waals surface area contributed by atoms with Gasteiger partial charge in [0.05, 0.1) is 0 Å². The highest BCUT2D eigenvalue weighted by Gasteiger charge is 2.22. The molecule has 0 saturated carbocycles. The van der Waals surface area contributed by atoms with Gasteiger partial charge in [-0.05, 0) is 18.9 Å². The Morgan fingerprint density at radius 2 is 2.12 bits per heavy atom. The topological polar surface area (TPSA) is 53.2 Å². The standard InChI is InChI=1S/C11H13ClN2O2/c12-9-2-5-14(6-3-9)11(16)8-1-4-13-10(15)7-8/h1,4,7,9H,2-3,5-6H2,(H,13,15). The minimum atomic E-state index is -0.252. The predicted octanol–water partition coefficient (Wildman–Crippen LogP) is 1.22. The van der Waals surface area contributed by atoms with Crippen LogP contribution in [0, 0.1) is 0 Å². The van der Waals surface area contributed by atoms with Gasteiger partial charge in [0.1, 0.15) is 0 Å². The molecular formula is C11H13ClN2O2. The molecule has 1 aliphatic rings. The number of likely N-dealkylation sites (tertiary alicyclic amines) is 1. The molecule has 0 aliphatic carbocycles. The van der Waals surface area contributed by atoms with Gasteiger partial charge in [0.25, 0.3) is 5.91 Å². The van der Waals surface area contributed by atoms with Gasteiger partial charge in [-0.15, -0.1) is 11.6 Å². The first-order valence-corrected chi connectivity index (χ1v) is 5.72. The Bertz CT molecular complexity index is 436. The Labute approximate surface area is 98.2 Å². The first-order chi connectivity index (χ1) is 7.66. The number of hydrogen-bond donors (Lipinski definition) is 1. The van der Waals surface area contributed by atoms with E-state index in [0.717, 1.165) is 12.8 Å². The van der Waals surface area contributed by atoms with Gasteiger partial charge in [0, 0.05) is 36.3 Å². The number of pyridine rings is 1. The molecule has 1 fully saturated rings. The number of rotatable bonds is 1. The van der Waals surface area contributed by atoms with Gasteiger partial charge in [-0.1, -0.05) is 0 Å². The molecule has 2 rings (SSSR count). The van der Waals surface area contributed by atoms with Gasteiger partial charge in [0.15, 0.2) is 0 Å². The second-order valence-corrected chi connectivity index (χ2v) is 4.53. The number of carbonyl (C=O) groups excluding carboxylic acids is 1. The van der Waals surface area contributed by atoms with E-state index < -0.39 is 0 Å². The van der Waals surface area contributed by atoms with E-state index in [1.807, 2.05) is 0 Å². The zero-order chi connectivity index (χ0) is 11.5. The third-order valence-electron chi connectivity index (χ3n) is 2.73. The SMILES string of the molecule is O=C(c1cc[nH]c(=O)c1)N1CCC(Cl)CC1. The number of alkyl halides is 1. The Hall–Kier alpha value is -1.29. The van der Waals surface area contributed by atoms with E-state index >= 15 is 0 Å². The molecule has 1 saturated heterocycles. The molecule has 1 aliphatic heterocycles. The fraction of sp³-hybridized carbons (Fsp3) is 0.455. The van der Waals surface area contributed by atoms with E-state index in [0.29, 0.717) is 18.7 Å². The molecule has 4 nitrogen and oxygen atoms in total. The number of aromatic nitrogens is 1. The van der Waals surface area contributed by atoms with Crippen LogP contribution in [0.4, 0.5) is 0 Å². The van der Waals surface area contributed by atoms with Crippen LogP contribution in [0.1, 0.15) is 23.2 Å². The second kappa shape index (κ2) is 4.70. The Morgan fingerprint density at radius 1 is 1.44 bits per heavy atom. The third-order valence-corrected chi connectivity index (χ3v) is 3.17. The molecule has 0 aromatic carbocycles. The summed E-state index contributed by atoms with van der Waals surface area (Å²) in [5.74, 6) is -0.0883. The van der Waals surface area contributed by atoms with E-state index in [4.69, 9.17) is 11.6 Å². The summed E-state index contributed by atoms with van der Waals surface area (Å²) in [7, 11) is 0. The van der Waals surface area contributed by atoms with Crippen LogP contribution in [0.3, 0.4) is 0 Å². The van der Waals surface area contributed by atoms with Crippen LogP contribution in [0.5, 0.6) is 0 Å². The minimum Gasteiger partial charge on any atom is -0.339 e. The lowest BCUT2D eigenvalue weighted by atomic mass is 10.1. The summed E-state index contributed by atoms with van der Waals surface area (Å²) in [6, 6.07) is 2.95. The van der Waals surface area contributed by atoms with Crippen LogP contribution < -0.4 is 5.56 Å². The second-order valence-electron chi connectivity index (χ2n) is 3.91. The molecule has 0 atom stereocenters. The van der Waals surface area contributed by atoms with Crippen molar-refractivity contribution in [3.8, 4) is 0 Å². The monoisotopic (exact) mass is 240 g/mol. The van der Waals surface area contributed by atoms with E-state index in [9.17, 15) is 9.59 Å². The summed E-state index contributed by atoms with van der Waals surface area (Å²) in [4.78, 5) is 27.3. The molecule has 0 unspecified atom stereocenters. The van der Waals surface area contributed by atoms with Gasteiger partial charge in [-0.25, -0.2) is 0 Å². The number of aromatic amines is 1. The molecule has 0 radical (unpaired) electrons. The molecule has 86 valence electrons. The van der Waals surface area contributed by atoms with Gasteiger partial charge >= 0.3 is 0 Å². The maximum absolute atomic E-state index is 12.0. The summed E-state index contributed by atoms with van der Waals surface area (Å²) >= 11 is 5.96. The zero-order valence-electron chi connectivity index (χ0n) is 8.78. The first-order valence-electron chi connectivity index (χ1n) is 5.29. The highest BCUT2D eigenvalue weighted by atomic mass is 35.5. The Kier molecular flexibility index (Phi) is 3.29. The highest BCUT2D eigenvalue weighted by molar-refractivity contribution is 6.20. The highest BCUT2D eigenvalue weighted by Crippen LogP contribution is 2.17. The number of H-pyrrole nitrogens is 1. The van der Waals surface area contributed by atoms with Gasteiger partial charge in [-0.2, -0.15) is 0 Å². The Morgan fingerprint density at radius 3 is 2.75 bits per heavy atom. The lowest BCUT2D eigenvalue weighted by Crippen LogP contribution is -2.39. The van der Waals surface area contributed by atoms with Crippen LogP contribution in [-0.2, 0) is 0 Å². The average Bonchev–Trinajstić information content (AvgIpc) is 2.29. The summed E-state index contributed by atoms with van der Waals surface area (Å²) in [5, 5.41) is 0.170. The van der Waals surface area contributed by atoms with Crippen molar-refractivity contribution in [2.24, 2.45) is 0 Å². The van der Waals surface area contributed by atoms with E-state index in [-0.39, 0.29) is 16.8 Å². The number of carbonyl (C=O) groups is 1. The van der Waals surface area contributed by atoms with E-state index in [1.54, 1.807) is 11.0 Å². The average molecular weight is 241 g/mol. The largest absolute Gasteiger partial charge is 0.339 e. The number of amides is 1. The maximum Gasteiger partial charge on any atom is 0.254 e. The molecule has 1 aromatic rings. The maximum atomic E-state index is 12.0. The lowest BCUT2D eigenvalue weighted by Gasteiger charge is -2.29. The molecule has 0 bridgehead atoms. The van der Waals surface area contributed by atoms with Crippen molar-refractivity contribution in [1.29, 1.82) is 0 Å². The van der Waals surface area contributed by atoms with Crippen molar-refractivity contribution in [3.05, 3.63) is 34.2 Å². The van der Waals surface area contributed by atoms with Crippen molar-refractivity contribution < 1.29 is 4.79 Å². The lowest BCUT2D eigenvalue weighted by molar-refractivity contribution is 0.0726. The molecule has 0 spiro atoms. The van der Waals surface area contributed by atoms with Crippen molar-refractivity contribution >= 4 is 17.5 Å². The fourth-order valence-electron chi connectivity index (χ4n) is 1.81. The molecule has 16 heavy (non-hydrogen) atoms. The van der Waals surface area contributed by atoms with Crippen LogP contribution >= 0.6 is 11.6 Å². The molecule has 1 amide bonds. The van der Waals surface area contributed by atoms with Crippen LogP contribution in [0.15, 0.2) is 23.1 Å². The summed E-state index contributed by atoms with van der Waals surface area (Å²) < 4.78 is 0. The van der Waals surface area contributed by atoms with Gasteiger partial charge in [0.2, 0.25) is 5.56 Å². The van der Waals surface area contributed by atoms with E-state index in [2.05, 4.69) is 4.98 Å². The molecular weight excluding hydrogens is 228 g/mol. The number of nitrogens with zero attached hydrogens (tertiary/aromatic N) is 1. The fourth-order valence-corrected chi connectivity index (χ4v) is 2.01. The van der Waals surface area contributed by atoms with E-state index in [1.165, 1.54) is 12.3 Å². The van der Waals surface area contributed by atoms with Crippen LogP contribution in [0.25, 0.3) is 0 Å². The minimum absolute atomic E-state index is 0.0883. The Balaban J connectivity index is 2.10. The van der Waals surface area contributed by atoms with Crippen LogP contribution in [0.2, 0.25) is 0 Å². The predicted molar refractivity (Wildman–Crippen MR) is 61.8 cm³/mol. The van der Waals surface area contributed by atoms with Crippen molar-refractivity contribution in [3.63, 3.8) is 0 Å². The quantitative estimate of drug-likeness (QED) is 0.751. The van der Waals surface area contributed by atoms with Crippen molar-refractivity contribution in [1.82, 2.24) is 9.88 Å². The normalized spacial score (nSPS) is 17.4. The summed E-state index contributed by atoms with van der Waals surface area (Å²) in [6.07, 6.45) is 3.12. The van der Waals surface area contributed by atoms with Crippen molar-refractivity contribution in [2.75, 3.05) is 13.1 Å². The first kappa shape index (κ1) is 11.2. The number of piperidine rings is 1. The molecule has 1 N–H and O–H groups in total. The number of halogens is 1. The third kappa shape index (κ3) is 2.44. The molecule has 5 heteroatoms. The van der Waals surface area contributed by atoms with Crippen LogP contribution in [-0.4, -0.2) is 34.3 Å². The summed E-state index contributed by atoms with van der Waals surface area (Å²) in [6.45, 7) is 1.33. The molecule has 1 aromatic heterocycles.